The molecule has 0 aliphatic carbocycles. The molecule has 86 valence electrons. The average molecular weight is 212 g/mol. The van der Waals surface area contributed by atoms with Gasteiger partial charge in [0.2, 0.25) is 11.8 Å². The van der Waals surface area contributed by atoms with Gasteiger partial charge in [-0.2, -0.15) is 0 Å². The molecule has 1 atom stereocenters. The molecule has 0 radical (unpaired) electrons. The fraction of sp³-hybridized carbons (Fsp3) is 0.818. The van der Waals surface area contributed by atoms with Gasteiger partial charge < -0.3 is 5.73 Å². The van der Waals surface area contributed by atoms with Crippen molar-refractivity contribution in [1.29, 1.82) is 0 Å². The highest BCUT2D eigenvalue weighted by Crippen LogP contribution is 2.31. The third kappa shape index (κ3) is 3.02. The lowest BCUT2D eigenvalue weighted by Crippen LogP contribution is -2.50. The molecule has 0 bridgehead atoms. The molecule has 0 spiro atoms. The maximum atomic E-state index is 11.7. The van der Waals surface area contributed by atoms with Crippen LogP contribution in [0, 0.1) is 5.41 Å². The van der Waals surface area contributed by atoms with Gasteiger partial charge in [-0.25, -0.2) is 0 Å². The monoisotopic (exact) mass is 212 g/mol. The molecule has 15 heavy (non-hydrogen) atoms. The molecule has 2 N–H and O–H groups in total. The van der Waals surface area contributed by atoms with Crippen LogP contribution in [0.15, 0.2) is 0 Å². The maximum Gasteiger partial charge on any atom is 0.229 e. The number of imide groups is 1. The van der Waals surface area contributed by atoms with Crippen LogP contribution in [0.3, 0.4) is 0 Å². The molecule has 0 aromatic heterocycles. The number of hydrogen-bond donors (Lipinski definition) is 1. The van der Waals surface area contributed by atoms with Gasteiger partial charge in [0.25, 0.3) is 0 Å². The Hall–Kier alpha value is -0.900. The standard InChI is InChI=1S/C11H20N2O2/c1-4-8(12)7-13-9(14)5-11(2,3)6-10(13)15/h8H,4-7,12H2,1-3H3. The van der Waals surface area contributed by atoms with Gasteiger partial charge in [0.1, 0.15) is 0 Å². The van der Waals surface area contributed by atoms with Crippen molar-refractivity contribution in [3.63, 3.8) is 0 Å². The van der Waals surface area contributed by atoms with E-state index >= 15 is 0 Å². The molecule has 4 nitrogen and oxygen atoms in total. The highest BCUT2D eigenvalue weighted by molar-refractivity contribution is 5.98. The molecule has 1 saturated heterocycles. The average Bonchev–Trinajstić information content (AvgIpc) is 2.09. The topological polar surface area (TPSA) is 63.4 Å². The zero-order chi connectivity index (χ0) is 11.6. The van der Waals surface area contributed by atoms with E-state index in [1.165, 1.54) is 4.90 Å². The fourth-order valence-corrected chi connectivity index (χ4v) is 1.78. The Morgan fingerprint density at radius 3 is 2.20 bits per heavy atom. The van der Waals surface area contributed by atoms with Crippen LogP contribution in [0.25, 0.3) is 0 Å². The minimum atomic E-state index is -0.193. The number of nitrogens with two attached hydrogens (primary N) is 1. The van der Waals surface area contributed by atoms with Gasteiger partial charge in [0.15, 0.2) is 0 Å². The number of nitrogens with zero attached hydrogens (tertiary/aromatic N) is 1. The van der Waals surface area contributed by atoms with Crippen LogP contribution in [-0.2, 0) is 9.59 Å². The lowest BCUT2D eigenvalue weighted by molar-refractivity contribution is -0.152. The van der Waals surface area contributed by atoms with Crippen molar-refractivity contribution in [2.45, 2.75) is 46.1 Å². The second-order valence-corrected chi connectivity index (χ2v) is 5.08. The molecule has 0 aromatic rings. The molecular formula is C11H20N2O2. The SMILES string of the molecule is CCC(N)CN1C(=O)CC(C)(C)CC1=O. The molecule has 1 fully saturated rings. The van der Waals surface area contributed by atoms with Crippen LogP contribution < -0.4 is 5.73 Å². The molecule has 1 aliphatic heterocycles. The summed E-state index contributed by atoms with van der Waals surface area (Å²) in [5.74, 6) is -0.166. The van der Waals surface area contributed by atoms with Crippen molar-refractivity contribution < 1.29 is 9.59 Å². The first-order valence-electron chi connectivity index (χ1n) is 5.44. The summed E-state index contributed by atoms with van der Waals surface area (Å²) in [7, 11) is 0. The van der Waals surface area contributed by atoms with Crippen molar-refractivity contribution in [2.24, 2.45) is 11.1 Å². The van der Waals surface area contributed by atoms with E-state index in [2.05, 4.69) is 0 Å². The summed E-state index contributed by atoms with van der Waals surface area (Å²) < 4.78 is 0. The number of carbonyl (C=O) groups is 2. The Bertz CT molecular complexity index is 254. The number of likely N-dealkylation sites (tertiary alicyclic amines) is 1. The molecule has 1 aliphatic rings. The van der Waals surface area contributed by atoms with Crippen molar-refractivity contribution in [3.05, 3.63) is 0 Å². The highest BCUT2D eigenvalue weighted by Gasteiger charge is 2.37. The molecule has 1 unspecified atom stereocenters. The number of rotatable bonds is 3. The van der Waals surface area contributed by atoms with Crippen LogP contribution in [0.2, 0.25) is 0 Å². The van der Waals surface area contributed by atoms with Crippen molar-refractivity contribution >= 4 is 11.8 Å². The van der Waals surface area contributed by atoms with Gasteiger partial charge in [-0.3, -0.25) is 14.5 Å². The molecular weight excluding hydrogens is 192 g/mol. The zero-order valence-electron chi connectivity index (χ0n) is 9.75. The van der Waals surface area contributed by atoms with Gasteiger partial charge in [-0.1, -0.05) is 20.8 Å². The molecule has 1 rings (SSSR count). The predicted molar refractivity (Wildman–Crippen MR) is 58.0 cm³/mol. The summed E-state index contributed by atoms with van der Waals surface area (Å²) in [6.45, 7) is 6.21. The van der Waals surface area contributed by atoms with Gasteiger partial charge >= 0.3 is 0 Å². The maximum absolute atomic E-state index is 11.7. The Morgan fingerprint density at radius 1 is 1.33 bits per heavy atom. The molecule has 0 aromatic carbocycles. The van der Waals surface area contributed by atoms with E-state index in [1.54, 1.807) is 0 Å². The van der Waals surface area contributed by atoms with E-state index in [0.717, 1.165) is 6.42 Å². The van der Waals surface area contributed by atoms with E-state index in [4.69, 9.17) is 5.73 Å². The first-order valence-corrected chi connectivity index (χ1v) is 5.44. The Kier molecular flexibility index (Phi) is 3.50. The second kappa shape index (κ2) is 4.31. The van der Waals surface area contributed by atoms with Gasteiger partial charge in [0.05, 0.1) is 0 Å². The summed E-state index contributed by atoms with van der Waals surface area (Å²) in [5.41, 5.74) is 5.56. The summed E-state index contributed by atoms with van der Waals surface area (Å²) in [5, 5.41) is 0. The smallest absolute Gasteiger partial charge is 0.229 e. The predicted octanol–water partition coefficient (Wildman–Crippen LogP) is 0.899. The van der Waals surface area contributed by atoms with E-state index in [9.17, 15) is 9.59 Å². The summed E-state index contributed by atoms with van der Waals surface area (Å²) in [4.78, 5) is 24.8. The van der Waals surface area contributed by atoms with Crippen molar-refractivity contribution in [2.75, 3.05) is 6.54 Å². The summed E-state index contributed by atoms with van der Waals surface area (Å²) >= 11 is 0. The first kappa shape index (κ1) is 12.2. The Morgan fingerprint density at radius 2 is 1.80 bits per heavy atom. The van der Waals surface area contributed by atoms with E-state index in [1.807, 2.05) is 20.8 Å². The largest absolute Gasteiger partial charge is 0.326 e. The van der Waals surface area contributed by atoms with Crippen LogP contribution >= 0.6 is 0 Å². The van der Waals surface area contributed by atoms with Gasteiger partial charge in [-0.05, 0) is 11.8 Å². The zero-order valence-corrected chi connectivity index (χ0v) is 9.75. The number of carbonyl (C=O) groups excluding carboxylic acids is 2. The Labute approximate surface area is 90.8 Å². The van der Waals surface area contributed by atoms with Gasteiger partial charge in [-0.15, -0.1) is 0 Å². The quantitative estimate of drug-likeness (QED) is 0.707. The lowest BCUT2D eigenvalue weighted by Gasteiger charge is -2.35. The van der Waals surface area contributed by atoms with Crippen LogP contribution in [0.5, 0.6) is 0 Å². The van der Waals surface area contributed by atoms with Crippen molar-refractivity contribution in [1.82, 2.24) is 4.90 Å². The van der Waals surface area contributed by atoms with Gasteiger partial charge in [0, 0.05) is 25.4 Å². The number of hydrogen-bond acceptors (Lipinski definition) is 3. The van der Waals surface area contributed by atoms with Crippen molar-refractivity contribution in [3.8, 4) is 0 Å². The third-order valence-electron chi connectivity index (χ3n) is 2.80. The third-order valence-corrected chi connectivity index (χ3v) is 2.80. The molecule has 4 heteroatoms. The summed E-state index contributed by atoms with van der Waals surface area (Å²) in [6, 6.07) is -0.0980. The van der Waals surface area contributed by atoms with E-state index in [0.29, 0.717) is 19.4 Å². The van der Waals surface area contributed by atoms with E-state index in [-0.39, 0.29) is 23.3 Å². The minimum Gasteiger partial charge on any atom is -0.326 e. The first-order chi connectivity index (χ1) is 6.85. The highest BCUT2D eigenvalue weighted by atomic mass is 16.2. The normalized spacial score (nSPS) is 23.1. The molecule has 0 saturated carbocycles. The van der Waals surface area contributed by atoms with Crippen LogP contribution in [0.1, 0.15) is 40.0 Å². The molecule has 1 heterocycles. The lowest BCUT2D eigenvalue weighted by atomic mass is 9.81. The van der Waals surface area contributed by atoms with Crippen LogP contribution in [-0.4, -0.2) is 29.3 Å². The van der Waals surface area contributed by atoms with Crippen LogP contribution in [0.4, 0.5) is 0 Å². The number of amides is 2. The second-order valence-electron chi connectivity index (χ2n) is 5.08. The minimum absolute atomic E-state index is 0.0832. The molecule has 2 amide bonds. The summed E-state index contributed by atoms with van der Waals surface area (Å²) in [6.07, 6.45) is 1.66. The fourth-order valence-electron chi connectivity index (χ4n) is 1.78. The Balaban J connectivity index is 2.67. The van der Waals surface area contributed by atoms with E-state index < -0.39 is 0 Å². The number of piperidine rings is 1.